The van der Waals surface area contributed by atoms with Gasteiger partial charge in [0.2, 0.25) is 0 Å². The molecule has 0 radical (unpaired) electrons. The largest absolute Gasteiger partial charge is 0.419 e. The van der Waals surface area contributed by atoms with Gasteiger partial charge in [-0.15, -0.1) is 0 Å². The summed E-state index contributed by atoms with van der Waals surface area (Å²) in [5, 5.41) is 0. The van der Waals surface area contributed by atoms with Crippen LogP contribution < -0.4 is 0 Å². The van der Waals surface area contributed by atoms with Gasteiger partial charge in [-0.3, -0.25) is 4.98 Å². The number of aromatic amines is 1. The third-order valence-electron chi connectivity index (χ3n) is 2.20. The van der Waals surface area contributed by atoms with Crippen molar-refractivity contribution in [3.8, 4) is 11.1 Å². The molecule has 0 aliphatic heterocycles. The van der Waals surface area contributed by atoms with Gasteiger partial charge >= 0.3 is 6.18 Å². The normalized spacial score (nSPS) is 11.5. The maximum atomic E-state index is 12.6. The summed E-state index contributed by atoms with van der Waals surface area (Å²) in [6.07, 6.45) is 0.0338. The monoisotopic (exact) mass is 256 g/mol. The molecule has 0 saturated heterocycles. The minimum absolute atomic E-state index is 0.315. The van der Waals surface area contributed by atoms with E-state index in [1.165, 1.54) is 12.4 Å². The second kappa shape index (κ2) is 4.29. The number of alkyl halides is 3. The molecule has 88 valence electrons. The lowest BCUT2D eigenvalue weighted by molar-refractivity contribution is -0.138. The lowest BCUT2D eigenvalue weighted by atomic mass is 10.1. The van der Waals surface area contributed by atoms with E-state index in [-0.39, 0.29) is 4.64 Å². The number of halogens is 3. The van der Waals surface area contributed by atoms with E-state index in [9.17, 15) is 13.2 Å². The Labute approximate surface area is 100 Å². The maximum absolute atomic E-state index is 12.6. The van der Waals surface area contributed by atoms with E-state index >= 15 is 0 Å². The van der Waals surface area contributed by atoms with Gasteiger partial charge in [0, 0.05) is 24.2 Å². The third kappa shape index (κ3) is 2.52. The van der Waals surface area contributed by atoms with Crippen molar-refractivity contribution in [2.45, 2.75) is 6.18 Å². The van der Waals surface area contributed by atoms with Crippen LogP contribution in [0.1, 0.15) is 5.56 Å². The van der Waals surface area contributed by atoms with E-state index in [1.54, 1.807) is 18.3 Å². The van der Waals surface area contributed by atoms with Crippen molar-refractivity contribution in [1.29, 1.82) is 0 Å². The first-order valence-corrected chi connectivity index (χ1v) is 5.09. The highest BCUT2D eigenvalue weighted by Gasteiger charge is 2.32. The van der Waals surface area contributed by atoms with Crippen LogP contribution in [0.4, 0.5) is 13.2 Å². The second-order valence-corrected chi connectivity index (χ2v) is 3.78. The molecule has 0 amide bonds. The summed E-state index contributed by atoms with van der Waals surface area (Å²) in [7, 11) is 0. The van der Waals surface area contributed by atoms with Crippen molar-refractivity contribution in [3.63, 3.8) is 0 Å². The van der Waals surface area contributed by atoms with E-state index < -0.39 is 11.7 Å². The number of aromatic nitrogens is 2. The Morgan fingerprint density at radius 2 is 2.00 bits per heavy atom. The molecule has 2 nitrogen and oxygen atoms in total. The summed E-state index contributed by atoms with van der Waals surface area (Å²) in [4.78, 5) is 6.29. The van der Waals surface area contributed by atoms with Crippen LogP contribution in [0.15, 0.2) is 36.8 Å². The van der Waals surface area contributed by atoms with Crippen LogP contribution in [0.25, 0.3) is 11.1 Å². The Hall–Kier alpha value is -1.69. The molecule has 0 fully saturated rings. The highest BCUT2D eigenvalue weighted by atomic mass is 32.1. The summed E-state index contributed by atoms with van der Waals surface area (Å²) >= 11 is 4.62. The summed E-state index contributed by atoms with van der Waals surface area (Å²) in [5.74, 6) is 0. The molecule has 0 saturated carbocycles. The Morgan fingerprint density at radius 3 is 2.59 bits per heavy atom. The first kappa shape index (κ1) is 11.8. The second-order valence-electron chi connectivity index (χ2n) is 3.37. The number of pyridine rings is 2. The molecule has 0 spiro atoms. The minimum atomic E-state index is -4.45. The first-order valence-electron chi connectivity index (χ1n) is 4.69. The van der Waals surface area contributed by atoms with Gasteiger partial charge in [0.1, 0.15) is 4.64 Å². The molecule has 0 atom stereocenters. The number of hydrogen-bond donors (Lipinski definition) is 1. The van der Waals surface area contributed by atoms with E-state index in [2.05, 4.69) is 22.2 Å². The van der Waals surface area contributed by atoms with Crippen LogP contribution >= 0.6 is 12.2 Å². The number of rotatable bonds is 1. The van der Waals surface area contributed by atoms with Crippen LogP contribution in [-0.4, -0.2) is 9.97 Å². The zero-order valence-electron chi connectivity index (χ0n) is 8.45. The molecule has 0 unspecified atom stereocenters. The Balaban J connectivity index is 2.57. The average molecular weight is 256 g/mol. The zero-order chi connectivity index (χ0) is 12.5. The topological polar surface area (TPSA) is 28.7 Å². The summed E-state index contributed by atoms with van der Waals surface area (Å²) < 4.78 is 37.6. The van der Waals surface area contributed by atoms with Crippen molar-refractivity contribution in [1.82, 2.24) is 9.97 Å². The average Bonchev–Trinajstić information content (AvgIpc) is 2.29. The molecule has 0 aromatic carbocycles. The van der Waals surface area contributed by atoms with Gasteiger partial charge in [0.25, 0.3) is 0 Å². The molecular formula is C11H7F3N2S. The lowest BCUT2D eigenvalue weighted by Gasteiger charge is -2.08. The van der Waals surface area contributed by atoms with Crippen LogP contribution in [0.3, 0.4) is 0 Å². The highest BCUT2D eigenvalue weighted by Crippen LogP contribution is 2.32. The van der Waals surface area contributed by atoms with Crippen molar-refractivity contribution < 1.29 is 13.2 Å². The number of nitrogens with one attached hydrogen (secondary N) is 1. The van der Waals surface area contributed by atoms with Crippen molar-refractivity contribution in [2.24, 2.45) is 0 Å². The van der Waals surface area contributed by atoms with E-state index in [0.717, 1.165) is 6.07 Å². The smallest absolute Gasteiger partial charge is 0.352 e. The van der Waals surface area contributed by atoms with E-state index in [1.807, 2.05) is 0 Å². The van der Waals surface area contributed by atoms with Crippen molar-refractivity contribution >= 4 is 12.2 Å². The molecular weight excluding hydrogens is 249 g/mol. The van der Waals surface area contributed by atoms with Gasteiger partial charge in [-0.25, -0.2) is 0 Å². The predicted octanol–water partition coefficient (Wildman–Crippen LogP) is 3.82. The van der Waals surface area contributed by atoms with Gasteiger partial charge in [-0.2, -0.15) is 13.2 Å². The maximum Gasteiger partial charge on any atom is 0.419 e. The SMILES string of the molecule is FC(F)(F)c1cc(-c2cccnc2)c[nH]c1=S. The number of H-pyrrole nitrogens is 1. The van der Waals surface area contributed by atoms with Crippen molar-refractivity contribution in [3.05, 3.63) is 47.0 Å². The minimum Gasteiger partial charge on any atom is -0.352 e. The van der Waals surface area contributed by atoms with Gasteiger partial charge in [0.05, 0.1) is 5.56 Å². The van der Waals surface area contributed by atoms with Crippen LogP contribution in [0.2, 0.25) is 0 Å². The summed E-state index contributed by atoms with van der Waals surface area (Å²) in [5.41, 5.74) is 0.164. The molecule has 2 heterocycles. The number of nitrogens with zero attached hydrogens (tertiary/aromatic N) is 1. The Bertz CT molecular complexity index is 575. The standard InChI is InChI=1S/C11H7F3N2S/c12-11(13,14)9-4-8(6-16-10(9)17)7-2-1-3-15-5-7/h1-6H,(H,16,17). The fraction of sp³-hybridized carbons (Fsp3) is 0.0909. The van der Waals surface area contributed by atoms with Gasteiger partial charge in [0.15, 0.2) is 0 Å². The van der Waals surface area contributed by atoms with E-state index in [4.69, 9.17) is 0 Å². The van der Waals surface area contributed by atoms with Crippen LogP contribution in [0, 0.1) is 4.64 Å². The molecule has 1 N–H and O–H groups in total. The molecule has 2 aromatic rings. The summed E-state index contributed by atoms with van der Waals surface area (Å²) in [6, 6.07) is 4.36. The predicted molar refractivity (Wildman–Crippen MR) is 59.9 cm³/mol. The molecule has 0 aliphatic rings. The molecule has 17 heavy (non-hydrogen) atoms. The van der Waals surface area contributed by atoms with Gasteiger partial charge in [-0.1, -0.05) is 18.3 Å². The van der Waals surface area contributed by atoms with Gasteiger partial charge in [-0.05, 0) is 17.7 Å². The van der Waals surface area contributed by atoms with Crippen LogP contribution in [0.5, 0.6) is 0 Å². The van der Waals surface area contributed by atoms with Crippen LogP contribution in [-0.2, 0) is 6.18 Å². The Kier molecular flexibility index (Phi) is 2.97. The Morgan fingerprint density at radius 1 is 1.24 bits per heavy atom. The summed E-state index contributed by atoms with van der Waals surface area (Å²) in [6.45, 7) is 0. The number of hydrogen-bond acceptors (Lipinski definition) is 2. The molecule has 2 aromatic heterocycles. The molecule has 0 aliphatic carbocycles. The first-order chi connectivity index (χ1) is 7.98. The van der Waals surface area contributed by atoms with Gasteiger partial charge < -0.3 is 4.98 Å². The quantitative estimate of drug-likeness (QED) is 0.786. The van der Waals surface area contributed by atoms with E-state index in [0.29, 0.717) is 11.1 Å². The molecule has 2 rings (SSSR count). The fourth-order valence-electron chi connectivity index (χ4n) is 1.39. The highest BCUT2D eigenvalue weighted by molar-refractivity contribution is 7.71. The third-order valence-corrected chi connectivity index (χ3v) is 2.54. The zero-order valence-corrected chi connectivity index (χ0v) is 9.27. The molecule has 6 heteroatoms. The lowest BCUT2D eigenvalue weighted by Crippen LogP contribution is -2.07. The van der Waals surface area contributed by atoms with Crippen molar-refractivity contribution in [2.75, 3.05) is 0 Å². The fourth-order valence-corrected chi connectivity index (χ4v) is 1.63. The molecule has 0 bridgehead atoms.